The smallest absolute Gasteiger partial charge is 0.0107 e. The Balaban J connectivity index is 2.06. The molecule has 0 aromatic rings. The van der Waals surface area contributed by atoms with Crippen LogP contribution in [-0.2, 0) is 0 Å². The lowest BCUT2D eigenvalue weighted by Gasteiger charge is -2.26. The lowest BCUT2D eigenvalue weighted by Crippen LogP contribution is -2.30. The highest BCUT2D eigenvalue weighted by atomic mass is 79.9. The third-order valence-corrected chi connectivity index (χ3v) is 3.78. The van der Waals surface area contributed by atoms with Crippen molar-refractivity contribution in [3.05, 3.63) is 0 Å². The van der Waals surface area contributed by atoms with E-state index < -0.39 is 0 Å². The molecule has 1 nitrogen and oxygen atoms in total. The van der Waals surface area contributed by atoms with Gasteiger partial charge in [-0.3, -0.25) is 0 Å². The predicted octanol–water partition coefficient (Wildman–Crippen LogP) is 1.77. The summed E-state index contributed by atoms with van der Waals surface area (Å²) in [6.07, 6.45) is 4.32. The Morgan fingerprint density at radius 3 is 2.90 bits per heavy atom. The van der Waals surface area contributed by atoms with E-state index in [-0.39, 0.29) is 0 Å². The van der Waals surface area contributed by atoms with Crippen molar-refractivity contribution in [2.24, 2.45) is 11.8 Å². The molecule has 2 heteroatoms. The minimum absolute atomic E-state index is 0.845. The van der Waals surface area contributed by atoms with Gasteiger partial charge >= 0.3 is 0 Å². The Morgan fingerprint density at radius 1 is 1.40 bits per heavy atom. The highest BCUT2D eigenvalue weighted by Gasteiger charge is 2.37. The Kier molecular flexibility index (Phi) is 2.01. The zero-order valence-electron chi connectivity index (χ0n) is 6.15. The largest absolute Gasteiger partial charge is 0.313 e. The van der Waals surface area contributed by atoms with Crippen molar-refractivity contribution in [3.8, 4) is 0 Å². The molecule has 1 aliphatic heterocycles. The van der Waals surface area contributed by atoms with Crippen LogP contribution in [0.15, 0.2) is 0 Å². The molecule has 1 saturated carbocycles. The molecule has 3 unspecified atom stereocenters. The summed E-state index contributed by atoms with van der Waals surface area (Å²) in [6.45, 7) is 1.28. The number of alkyl halides is 1. The molecule has 0 aromatic heterocycles. The Morgan fingerprint density at radius 2 is 2.30 bits per heavy atom. The van der Waals surface area contributed by atoms with Gasteiger partial charge in [-0.1, -0.05) is 22.4 Å². The zero-order valence-corrected chi connectivity index (χ0v) is 7.73. The second-order valence-corrected chi connectivity index (χ2v) is 4.17. The lowest BCUT2D eigenvalue weighted by molar-refractivity contribution is 0.304. The molecule has 10 heavy (non-hydrogen) atoms. The average Bonchev–Trinajstić information content (AvgIpc) is 2.19. The van der Waals surface area contributed by atoms with Gasteiger partial charge in [-0.15, -0.1) is 0 Å². The van der Waals surface area contributed by atoms with Crippen molar-refractivity contribution in [2.75, 3.05) is 11.9 Å². The first kappa shape index (κ1) is 7.11. The van der Waals surface area contributed by atoms with Crippen LogP contribution in [0.2, 0.25) is 0 Å². The molecular weight excluding hydrogens is 190 g/mol. The first-order valence-corrected chi connectivity index (χ1v) is 5.33. The van der Waals surface area contributed by atoms with Crippen molar-refractivity contribution in [2.45, 2.75) is 25.3 Å². The van der Waals surface area contributed by atoms with Crippen molar-refractivity contribution >= 4 is 15.9 Å². The molecule has 2 rings (SSSR count). The number of hydrogen-bond donors (Lipinski definition) is 1. The van der Waals surface area contributed by atoms with Crippen LogP contribution in [0.1, 0.15) is 19.3 Å². The molecule has 3 atom stereocenters. The fraction of sp³-hybridized carbons (Fsp3) is 1.00. The number of fused-ring (bicyclic) bond motifs is 2. The van der Waals surface area contributed by atoms with Crippen molar-refractivity contribution in [1.29, 1.82) is 0 Å². The molecule has 1 saturated heterocycles. The maximum atomic E-state index is 3.59. The summed E-state index contributed by atoms with van der Waals surface area (Å²) in [5.41, 5.74) is 0. The summed E-state index contributed by atoms with van der Waals surface area (Å²) < 4.78 is 0. The summed E-state index contributed by atoms with van der Waals surface area (Å²) in [5.74, 6) is 1.92. The monoisotopic (exact) mass is 203 g/mol. The molecule has 0 radical (unpaired) electrons. The molecule has 0 spiro atoms. The SMILES string of the molecule is BrCC1C2CCCC1NC2. The summed E-state index contributed by atoms with van der Waals surface area (Å²) in [4.78, 5) is 0. The summed E-state index contributed by atoms with van der Waals surface area (Å²) in [7, 11) is 0. The van der Waals surface area contributed by atoms with E-state index in [4.69, 9.17) is 0 Å². The van der Waals surface area contributed by atoms with Crippen LogP contribution in [0.25, 0.3) is 0 Å². The molecule has 0 aromatic carbocycles. The van der Waals surface area contributed by atoms with Crippen LogP contribution < -0.4 is 5.32 Å². The fourth-order valence-corrected chi connectivity index (χ4v) is 3.38. The third kappa shape index (κ3) is 1.02. The van der Waals surface area contributed by atoms with Crippen LogP contribution in [0, 0.1) is 11.8 Å². The zero-order chi connectivity index (χ0) is 6.97. The Bertz CT molecular complexity index is 110. The topological polar surface area (TPSA) is 12.0 Å². The second kappa shape index (κ2) is 2.82. The van der Waals surface area contributed by atoms with Gasteiger partial charge in [0.25, 0.3) is 0 Å². The van der Waals surface area contributed by atoms with Crippen LogP contribution in [-0.4, -0.2) is 17.9 Å². The highest BCUT2D eigenvalue weighted by Crippen LogP contribution is 2.35. The highest BCUT2D eigenvalue weighted by molar-refractivity contribution is 9.09. The number of rotatable bonds is 1. The fourth-order valence-electron chi connectivity index (χ4n) is 2.40. The minimum atomic E-state index is 0.845. The van der Waals surface area contributed by atoms with Gasteiger partial charge in [0.05, 0.1) is 0 Å². The molecule has 2 fully saturated rings. The minimum Gasteiger partial charge on any atom is -0.313 e. The van der Waals surface area contributed by atoms with Crippen molar-refractivity contribution < 1.29 is 0 Å². The van der Waals surface area contributed by atoms with Gasteiger partial charge in [0.15, 0.2) is 0 Å². The summed E-state index contributed by atoms with van der Waals surface area (Å²) in [6, 6.07) is 0.845. The van der Waals surface area contributed by atoms with Gasteiger partial charge in [0, 0.05) is 11.4 Å². The van der Waals surface area contributed by atoms with E-state index in [9.17, 15) is 0 Å². The Hall–Kier alpha value is 0.440. The molecule has 58 valence electrons. The second-order valence-electron chi connectivity index (χ2n) is 3.52. The lowest BCUT2D eigenvalue weighted by atomic mass is 9.81. The van der Waals surface area contributed by atoms with Crippen LogP contribution in [0.4, 0.5) is 0 Å². The van der Waals surface area contributed by atoms with Gasteiger partial charge in [0.1, 0.15) is 0 Å². The molecule has 2 bridgehead atoms. The first-order chi connectivity index (χ1) is 4.92. The third-order valence-electron chi connectivity index (χ3n) is 3.03. The molecule has 0 amide bonds. The number of nitrogens with one attached hydrogen (secondary N) is 1. The molecule has 1 aliphatic carbocycles. The van der Waals surface area contributed by atoms with E-state index in [1.807, 2.05) is 0 Å². The normalized spacial score (nSPS) is 45.9. The molecule has 1 N–H and O–H groups in total. The predicted molar refractivity (Wildman–Crippen MR) is 46.4 cm³/mol. The van der Waals surface area contributed by atoms with E-state index in [2.05, 4.69) is 21.2 Å². The standard InChI is InChI=1S/C8H14BrN/c9-4-7-6-2-1-3-8(7)10-5-6/h6-8,10H,1-5H2. The number of hydrogen-bond acceptors (Lipinski definition) is 1. The van der Waals surface area contributed by atoms with E-state index in [0.29, 0.717) is 0 Å². The molecular formula is C8H14BrN. The quantitative estimate of drug-likeness (QED) is 0.642. The van der Waals surface area contributed by atoms with Crippen molar-refractivity contribution in [3.63, 3.8) is 0 Å². The van der Waals surface area contributed by atoms with Gasteiger partial charge in [-0.05, 0) is 31.2 Å². The molecule has 2 aliphatic rings. The molecule has 1 heterocycles. The first-order valence-electron chi connectivity index (χ1n) is 4.21. The number of halogens is 1. The maximum absolute atomic E-state index is 3.59. The van der Waals surface area contributed by atoms with Crippen LogP contribution in [0.3, 0.4) is 0 Å². The maximum Gasteiger partial charge on any atom is 0.0107 e. The van der Waals surface area contributed by atoms with Crippen LogP contribution in [0.5, 0.6) is 0 Å². The average molecular weight is 204 g/mol. The van der Waals surface area contributed by atoms with E-state index in [1.165, 1.54) is 31.1 Å². The van der Waals surface area contributed by atoms with Gasteiger partial charge < -0.3 is 5.32 Å². The van der Waals surface area contributed by atoms with Gasteiger partial charge in [0.2, 0.25) is 0 Å². The van der Waals surface area contributed by atoms with E-state index >= 15 is 0 Å². The van der Waals surface area contributed by atoms with Gasteiger partial charge in [-0.2, -0.15) is 0 Å². The summed E-state index contributed by atoms with van der Waals surface area (Å²) >= 11 is 3.59. The van der Waals surface area contributed by atoms with Crippen molar-refractivity contribution in [1.82, 2.24) is 5.32 Å². The van der Waals surface area contributed by atoms with E-state index in [0.717, 1.165) is 17.9 Å². The Labute approximate surface area is 70.7 Å². The van der Waals surface area contributed by atoms with Crippen LogP contribution >= 0.6 is 15.9 Å². The van der Waals surface area contributed by atoms with Gasteiger partial charge in [-0.25, -0.2) is 0 Å². The summed E-state index contributed by atoms with van der Waals surface area (Å²) in [5, 5.41) is 4.79. The van der Waals surface area contributed by atoms with E-state index in [1.54, 1.807) is 0 Å².